The van der Waals surface area contributed by atoms with E-state index in [0.29, 0.717) is 60.4 Å². The van der Waals surface area contributed by atoms with Gasteiger partial charge >= 0.3 is 6.18 Å². The summed E-state index contributed by atoms with van der Waals surface area (Å²) in [6.07, 6.45) is -4.31. The summed E-state index contributed by atoms with van der Waals surface area (Å²) in [5, 5.41) is 28.6. The van der Waals surface area contributed by atoms with E-state index in [1.165, 1.54) is 17.5 Å². The molecular weight excluding hydrogens is 511 g/mol. The minimum atomic E-state index is -4.44. The highest BCUT2D eigenvalue weighted by atomic mass is 19.4. The molecule has 0 saturated carbocycles. The predicted octanol–water partition coefficient (Wildman–Crippen LogP) is 2.92. The number of fused-ring (bicyclic) bond motifs is 1. The lowest BCUT2D eigenvalue weighted by Crippen LogP contribution is -2.37. The number of nitrogen functional groups attached to an aromatic ring is 1. The Bertz CT molecular complexity index is 1280. The number of hydrogen-bond donors (Lipinski definition) is 3. The average Bonchev–Trinajstić information content (AvgIpc) is 3.26. The second-order valence-electron chi connectivity index (χ2n) is 8.05. The number of nitrogens with two attached hydrogens (primary N) is 1. The molecule has 0 radical (unpaired) electrons. The number of ether oxygens (including phenoxy) is 1. The molecule has 0 atom stereocenters. The second kappa shape index (κ2) is 13.4. The highest BCUT2D eigenvalue weighted by Gasteiger charge is 2.33. The molecule has 1 saturated heterocycles. The minimum Gasteiger partial charge on any atom is -0.396 e. The van der Waals surface area contributed by atoms with Crippen LogP contribution in [0.15, 0.2) is 24.3 Å². The summed E-state index contributed by atoms with van der Waals surface area (Å²) in [4.78, 5) is 10.5. The molecule has 3 aromatic rings. The fourth-order valence-electron chi connectivity index (χ4n) is 3.88. The number of benzene rings is 1. The third-order valence-electron chi connectivity index (χ3n) is 5.76. The van der Waals surface area contributed by atoms with Crippen molar-refractivity contribution in [3.63, 3.8) is 0 Å². The van der Waals surface area contributed by atoms with Crippen molar-refractivity contribution >= 4 is 17.2 Å². The number of aromatic nitrogens is 3. The first-order chi connectivity index (χ1) is 18.2. The zero-order chi connectivity index (χ0) is 27.7. The van der Waals surface area contributed by atoms with E-state index in [-0.39, 0.29) is 25.2 Å². The van der Waals surface area contributed by atoms with Crippen molar-refractivity contribution in [3.05, 3.63) is 52.3 Å². The fraction of sp³-hybridized carbons (Fsp3) is 0.417. The zero-order valence-electron chi connectivity index (χ0n) is 20.8. The molecule has 206 valence electrons. The number of anilines is 2. The summed E-state index contributed by atoms with van der Waals surface area (Å²) >= 11 is 0. The van der Waals surface area contributed by atoms with E-state index in [2.05, 4.69) is 36.9 Å². The van der Waals surface area contributed by atoms with Crippen molar-refractivity contribution in [3.8, 4) is 11.8 Å². The maximum Gasteiger partial charge on any atom is 0.416 e. The second-order valence-corrected chi connectivity index (χ2v) is 8.05. The molecule has 0 aliphatic carbocycles. The zero-order valence-corrected chi connectivity index (χ0v) is 20.8. The van der Waals surface area contributed by atoms with Crippen LogP contribution in [0.2, 0.25) is 0 Å². The van der Waals surface area contributed by atoms with Crippen LogP contribution in [0.4, 0.5) is 24.7 Å². The van der Waals surface area contributed by atoms with Crippen LogP contribution in [0.5, 0.6) is 0 Å². The monoisotopic (exact) mass is 539 g/mol. The summed E-state index contributed by atoms with van der Waals surface area (Å²) in [7, 11) is 0. The first-order valence-electron chi connectivity index (χ1n) is 11.5. The molecule has 0 bridgehead atoms. The normalized spacial score (nSPS) is 13.6. The molecule has 1 aliphatic heterocycles. The number of nitrogens with zero attached hydrogens (tertiary/aromatic N) is 4. The molecule has 3 heterocycles. The molecule has 4 N–H and O–H groups in total. The van der Waals surface area contributed by atoms with Gasteiger partial charge in [0.05, 0.1) is 42.5 Å². The van der Waals surface area contributed by atoms with Crippen molar-refractivity contribution in [1.29, 1.82) is 0 Å². The molecule has 38 heavy (non-hydrogen) atoms. The van der Waals surface area contributed by atoms with Crippen LogP contribution < -0.4 is 10.6 Å². The smallest absolute Gasteiger partial charge is 0.396 e. The molecule has 14 heteroatoms. The van der Waals surface area contributed by atoms with Gasteiger partial charge < -0.3 is 20.5 Å². The van der Waals surface area contributed by atoms with Crippen molar-refractivity contribution in [2.75, 3.05) is 43.5 Å². The first-order valence-corrected chi connectivity index (χ1v) is 11.5. The Labute approximate surface area is 216 Å². The van der Waals surface area contributed by atoms with E-state index in [9.17, 15) is 18.3 Å². The van der Waals surface area contributed by atoms with Gasteiger partial charge in [0.2, 0.25) is 0 Å². The molecule has 0 amide bonds. The van der Waals surface area contributed by atoms with E-state index in [0.717, 1.165) is 6.07 Å². The number of morpholine rings is 1. The van der Waals surface area contributed by atoms with Crippen LogP contribution in [0, 0.1) is 18.8 Å². The van der Waals surface area contributed by atoms with Gasteiger partial charge in [-0.05, 0) is 41.1 Å². The number of rotatable bonds is 7. The maximum absolute atomic E-state index is 13.3. The van der Waals surface area contributed by atoms with Crippen LogP contribution in [-0.4, -0.2) is 57.9 Å². The number of aliphatic hydroxyl groups is 1. The van der Waals surface area contributed by atoms with Gasteiger partial charge in [-0.25, -0.2) is 14.8 Å². The lowest BCUT2D eigenvalue weighted by molar-refractivity contribution is -0.620. The number of aliphatic hydroxyl groups excluding tert-OH is 1. The molecule has 0 spiro atoms. The van der Waals surface area contributed by atoms with E-state index < -0.39 is 11.7 Å². The largest absolute Gasteiger partial charge is 0.416 e. The third kappa shape index (κ3) is 7.10. The van der Waals surface area contributed by atoms with Crippen LogP contribution in [0.1, 0.15) is 35.0 Å². The van der Waals surface area contributed by atoms with Crippen LogP contribution in [0.3, 0.4) is 0 Å². The topological polar surface area (TPSA) is 137 Å². The van der Waals surface area contributed by atoms with Gasteiger partial charge in [-0.3, -0.25) is 0 Å². The molecule has 11 nitrogen and oxygen atoms in total. The number of imidazole rings is 1. The van der Waals surface area contributed by atoms with Crippen LogP contribution in [0.25, 0.3) is 5.65 Å². The molecule has 4 rings (SSSR count). The Morgan fingerprint density at radius 2 is 1.97 bits per heavy atom. The number of halogens is 3. The Hall–Kier alpha value is -3.45. The number of alkyl halides is 3. The quantitative estimate of drug-likeness (QED) is 0.178. The summed E-state index contributed by atoms with van der Waals surface area (Å²) in [6, 6.07) is 5.80. The average molecular weight is 540 g/mol. The molecule has 2 aromatic heterocycles. The van der Waals surface area contributed by atoms with Crippen molar-refractivity contribution in [2.24, 2.45) is 0 Å². The van der Waals surface area contributed by atoms with Crippen molar-refractivity contribution in [2.45, 2.75) is 33.1 Å². The third-order valence-corrected chi connectivity index (χ3v) is 5.76. The van der Waals surface area contributed by atoms with E-state index >= 15 is 0 Å². The molecule has 0 unspecified atom stereocenters. The van der Waals surface area contributed by atoms with Gasteiger partial charge in [0.15, 0.2) is 11.5 Å². The van der Waals surface area contributed by atoms with Crippen molar-refractivity contribution < 1.29 is 43.2 Å². The highest BCUT2D eigenvalue weighted by Crippen LogP contribution is 2.34. The maximum atomic E-state index is 13.3. The van der Waals surface area contributed by atoms with Crippen LogP contribution >= 0.6 is 0 Å². The van der Waals surface area contributed by atoms with Gasteiger partial charge in [0.25, 0.3) is 0 Å². The van der Waals surface area contributed by atoms with Gasteiger partial charge in [0.1, 0.15) is 6.61 Å². The minimum absolute atomic E-state index is 0.0804. The standard InChI is InChI=1S/C20H22F3N5O2.C4H6O4/c1-12-13(3-2-4-14(12)20(21,22)23)9-17-16(11-29)25-19-15(24)10-18(26-28(17)19)27-5-7-30-8-6-27;1-2-3-4-6-8-7-5/h2-4,10,29H,5-9,11,24H2,1H3;5H,4H2,1H3. The van der Waals surface area contributed by atoms with Crippen molar-refractivity contribution in [1.82, 2.24) is 14.6 Å². The Morgan fingerprint density at radius 3 is 2.61 bits per heavy atom. The molecular formula is C24H28F3N5O6. The van der Waals surface area contributed by atoms with Crippen LogP contribution in [-0.2, 0) is 38.9 Å². The van der Waals surface area contributed by atoms with Gasteiger partial charge in [0, 0.05) is 25.6 Å². The Balaban J connectivity index is 0.000000436. The summed E-state index contributed by atoms with van der Waals surface area (Å²) in [5.41, 5.74) is 7.74. The SMILES string of the molecule is CC#CCOOOO.Cc1c(Cc2c(CO)nc3c(N)cc(N4CCOCC4)nn23)cccc1C(F)(F)F. The Kier molecular flexibility index (Phi) is 10.2. The molecule has 1 aromatic carbocycles. The predicted molar refractivity (Wildman–Crippen MR) is 130 cm³/mol. The number of hydrogen-bond acceptors (Lipinski definition) is 10. The van der Waals surface area contributed by atoms with E-state index in [1.54, 1.807) is 19.1 Å². The fourth-order valence-corrected chi connectivity index (χ4v) is 3.88. The van der Waals surface area contributed by atoms with E-state index in [4.69, 9.17) is 15.7 Å². The van der Waals surface area contributed by atoms with E-state index in [1.807, 2.05) is 4.90 Å². The molecule has 1 fully saturated rings. The molecule has 1 aliphatic rings. The summed E-state index contributed by atoms with van der Waals surface area (Å²) in [6.45, 7) is 5.26. The van der Waals surface area contributed by atoms with Gasteiger partial charge in [-0.1, -0.05) is 18.1 Å². The first kappa shape index (κ1) is 29.1. The summed E-state index contributed by atoms with van der Waals surface area (Å²) < 4.78 is 46.8. The lowest BCUT2D eigenvalue weighted by atomic mass is 9.98. The lowest BCUT2D eigenvalue weighted by Gasteiger charge is -2.27. The van der Waals surface area contributed by atoms with Gasteiger partial charge in [-0.15, -0.1) is 11.0 Å². The highest BCUT2D eigenvalue weighted by molar-refractivity contribution is 5.69. The summed E-state index contributed by atoms with van der Waals surface area (Å²) in [5.74, 6) is 5.66. The Morgan fingerprint density at radius 1 is 1.24 bits per heavy atom. The van der Waals surface area contributed by atoms with Gasteiger partial charge in [-0.2, -0.15) is 18.1 Å².